The number of amides is 1. The first kappa shape index (κ1) is 12.2. The van der Waals surface area contributed by atoms with Gasteiger partial charge >= 0.3 is 0 Å². The van der Waals surface area contributed by atoms with E-state index in [2.05, 4.69) is 5.32 Å². The van der Waals surface area contributed by atoms with Crippen LogP contribution >= 0.6 is 0 Å². The van der Waals surface area contributed by atoms with Crippen LogP contribution in [-0.4, -0.2) is 6.41 Å². The lowest BCUT2D eigenvalue weighted by atomic mass is 10.1. The molecule has 0 spiro atoms. The van der Waals surface area contributed by atoms with Gasteiger partial charge in [-0.1, -0.05) is 30.3 Å². The average molecular weight is 241 g/mol. The predicted octanol–water partition coefficient (Wildman–Crippen LogP) is 3.39. The van der Waals surface area contributed by atoms with E-state index in [1.165, 1.54) is 0 Å². The van der Waals surface area contributed by atoms with Gasteiger partial charge in [0.25, 0.3) is 0 Å². The minimum atomic E-state index is -0.00363. The van der Waals surface area contributed by atoms with Crippen LogP contribution in [0, 0.1) is 0 Å². The summed E-state index contributed by atoms with van der Waals surface area (Å²) in [5.74, 6) is 0.780. The molecule has 2 aromatic carbocycles. The van der Waals surface area contributed by atoms with Gasteiger partial charge in [-0.15, -0.1) is 0 Å². The molecule has 92 valence electrons. The Hall–Kier alpha value is -2.29. The molecule has 1 amide bonds. The molecule has 2 aromatic rings. The number of nitrogens with one attached hydrogen (secondary N) is 1. The van der Waals surface area contributed by atoms with E-state index in [0.29, 0.717) is 6.41 Å². The molecule has 18 heavy (non-hydrogen) atoms. The normalized spacial score (nSPS) is 11.6. The lowest BCUT2D eigenvalue weighted by Gasteiger charge is -2.15. The van der Waals surface area contributed by atoms with E-state index in [1.807, 2.05) is 49.4 Å². The summed E-state index contributed by atoms with van der Waals surface area (Å²) in [6.07, 6.45) is 0.652. The Kier molecular flexibility index (Phi) is 3.97. The lowest BCUT2D eigenvalue weighted by molar-refractivity contribution is -0.105. The van der Waals surface area contributed by atoms with Crippen LogP contribution in [0.1, 0.15) is 18.6 Å². The summed E-state index contributed by atoms with van der Waals surface area (Å²) in [6, 6.07) is 17.3. The molecule has 0 fully saturated rings. The molecule has 0 heterocycles. The molecule has 0 aliphatic carbocycles. The number of ether oxygens (including phenoxy) is 1. The highest BCUT2D eigenvalue weighted by molar-refractivity contribution is 5.71. The number of anilines is 1. The number of rotatable bonds is 5. The van der Waals surface area contributed by atoms with Gasteiger partial charge in [0, 0.05) is 5.69 Å². The van der Waals surface area contributed by atoms with E-state index in [0.717, 1.165) is 17.0 Å². The maximum Gasteiger partial charge on any atom is 0.211 e. The molecule has 0 aromatic heterocycles. The van der Waals surface area contributed by atoms with Crippen LogP contribution < -0.4 is 10.1 Å². The standard InChI is InChI=1S/C15H15NO2/c1-12(13-5-3-2-4-6-13)18-15-9-7-14(8-10-15)16-11-17/h2-12H,1H3,(H,16,17). The third-order valence-electron chi connectivity index (χ3n) is 2.66. The molecule has 3 heteroatoms. The van der Waals surface area contributed by atoms with Crippen molar-refractivity contribution in [1.82, 2.24) is 0 Å². The van der Waals surface area contributed by atoms with Gasteiger partial charge in [0.1, 0.15) is 11.9 Å². The molecule has 2 rings (SSSR count). The molecule has 0 bridgehead atoms. The Morgan fingerprint density at radius 1 is 1.06 bits per heavy atom. The molecule has 1 unspecified atom stereocenters. The molecule has 1 atom stereocenters. The largest absolute Gasteiger partial charge is 0.486 e. The molecule has 1 N–H and O–H groups in total. The third kappa shape index (κ3) is 3.10. The summed E-state index contributed by atoms with van der Waals surface area (Å²) >= 11 is 0. The Balaban J connectivity index is 2.03. The number of carbonyl (C=O) groups is 1. The van der Waals surface area contributed by atoms with Gasteiger partial charge in [-0.2, -0.15) is 0 Å². The second-order valence-corrected chi connectivity index (χ2v) is 3.96. The zero-order valence-corrected chi connectivity index (χ0v) is 10.2. The summed E-state index contributed by atoms with van der Waals surface area (Å²) in [7, 11) is 0. The Labute approximate surface area is 106 Å². The topological polar surface area (TPSA) is 38.3 Å². The Morgan fingerprint density at radius 3 is 2.33 bits per heavy atom. The van der Waals surface area contributed by atoms with Gasteiger partial charge in [-0.3, -0.25) is 4.79 Å². The molecular formula is C15H15NO2. The SMILES string of the molecule is CC(Oc1ccc(NC=O)cc1)c1ccccc1. The number of hydrogen-bond donors (Lipinski definition) is 1. The molecule has 0 saturated carbocycles. The first-order valence-electron chi connectivity index (χ1n) is 5.81. The highest BCUT2D eigenvalue weighted by atomic mass is 16.5. The summed E-state index contributed by atoms with van der Waals surface area (Å²) in [5, 5.41) is 2.58. The molecule has 0 saturated heterocycles. The highest BCUT2D eigenvalue weighted by Crippen LogP contribution is 2.22. The van der Waals surface area contributed by atoms with Crippen molar-refractivity contribution in [3.63, 3.8) is 0 Å². The average Bonchev–Trinajstić information content (AvgIpc) is 2.42. The van der Waals surface area contributed by atoms with E-state index in [1.54, 1.807) is 12.1 Å². The van der Waals surface area contributed by atoms with Crippen LogP contribution in [0.15, 0.2) is 54.6 Å². The van der Waals surface area contributed by atoms with Crippen molar-refractivity contribution in [3.05, 3.63) is 60.2 Å². The third-order valence-corrected chi connectivity index (χ3v) is 2.66. The fourth-order valence-corrected chi connectivity index (χ4v) is 1.69. The van der Waals surface area contributed by atoms with Gasteiger partial charge in [-0.05, 0) is 36.8 Å². The number of carbonyl (C=O) groups excluding carboxylic acids is 1. The van der Waals surface area contributed by atoms with Crippen molar-refractivity contribution in [1.29, 1.82) is 0 Å². The van der Waals surface area contributed by atoms with Crippen LogP contribution in [0.5, 0.6) is 5.75 Å². The van der Waals surface area contributed by atoms with Crippen molar-refractivity contribution >= 4 is 12.1 Å². The maximum atomic E-state index is 10.3. The molecule has 0 aliphatic rings. The van der Waals surface area contributed by atoms with Gasteiger partial charge in [0.05, 0.1) is 0 Å². The smallest absolute Gasteiger partial charge is 0.211 e. The van der Waals surface area contributed by atoms with Crippen LogP contribution in [0.4, 0.5) is 5.69 Å². The van der Waals surface area contributed by atoms with Crippen molar-refractivity contribution in [2.24, 2.45) is 0 Å². The summed E-state index contributed by atoms with van der Waals surface area (Å²) < 4.78 is 5.82. The van der Waals surface area contributed by atoms with E-state index < -0.39 is 0 Å². The minimum absolute atomic E-state index is 0.00363. The van der Waals surface area contributed by atoms with Gasteiger partial charge in [0.2, 0.25) is 6.41 Å². The van der Waals surface area contributed by atoms with Gasteiger partial charge in [-0.25, -0.2) is 0 Å². The van der Waals surface area contributed by atoms with Gasteiger partial charge < -0.3 is 10.1 Å². The van der Waals surface area contributed by atoms with Crippen LogP contribution in [0.25, 0.3) is 0 Å². The van der Waals surface area contributed by atoms with Crippen molar-refractivity contribution in [2.75, 3.05) is 5.32 Å². The molecule has 0 radical (unpaired) electrons. The monoisotopic (exact) mass is 241 g/mol. The van der Waals surface area contributed by atoms with E-state index in [-0.39, 0.29) is 6.10 Å². The predicted molar refractivity (Wildman–Crippen MR) is 71.6 cm³/mol. The molecule has 3 nitrogen and oxygen atoms in total. The highest BCUT2D eigenvalue weighted by Gasteiger charge is 2.06. The van der Waals surface area contributed by atoms with Crippen molar-refractivity contribution in [3.8, 4) is 5.75 Å². The molecule has 0 aliphatic heterocycles. The van der Waals surface area contributed by atoms with E-state index in [9.17, 15) is 4.79 Å². The Morgan fingerprint density at radius 2 is 1.72 bits per heavy atom. The fraction of sp³-hybridized carbons (Fsp3) is 0.133. The zero-order chi connectivity index (χ0) is 12.8. The summed E-state index contributed by atoms with van der Waals surface area (Å²) in [6.45, 7) is 2.01. The molecular weight excluding hydrogens is 226 g/mol. The second kappa shape index (κ2) is 5.87. The first-order valence-corrected chi connectivity index (χ1v) is 5.81. The lowest BCUT2D eigenvalue weighted by Crippen LogP contribution is -2.02. The van der Waals surface area contributed by atoms with Crippen molar-refractivity contribution < 1.29 is 9.53 Å². The summed E-state index contributed by atoms with van der Waals surface area (Å²) in [5.41, 5.74) is 1.89. The zero-order valence-electron chi connectivity index (χ0n) is 10.2. The maximum absolute atomic E-state index is 10.3. The summed E-state index contributed by atoms with van der Waals surface area (Å²) in [4.78, 5) is 10.3. The van der Waals surface area contributed by atoms with Gasteiger partial charge in [0.15, 0.2) is 0 Å². The van der Waals surface area contributed by atoms with Crippen LogP contribution in [-0.2, 0) is 4.79 Å². The van der Waals surface area contributed by atoms with E-state index >= 15 is 0 Å². The minimum Gasteiger partial charge on any atom is -0.486 e. The quantitative estimate of drug-likeness (QED) is 0.815. The number of hydrogen-bond acceptors (Lipinski definition) is 2. The first-order chi connectivity index (χ1) is 8.79. The van der Waals surface area contributed by atoms with Crippen LogP contribution in [0.2, 0.25) is 0 Å². The Bertz CT molecular complexity index is 494. The number of benzene rings is 2. The van der Waals surface area contributed by atoms with Crippen molar-refractivity contribution in [2.45, 2.75) is 13.0 Å². The fourth-order valence-electron chi connectivity index (χ4n) is 1.69. The second-order valence-electron chi connectivity index (χ2n) is 3.96. The van der Waals surface area contributed by atoms with E-state index in [4.69, 9.17) is 4.74 Å². The van der Waals surface area contributed by atoms with Crippen LogP contribution in [0.3, 0.4) is 0 Å².